The quantitative estimate of drug-likeness (QED) is 0.798. The second kappa shape index (κ2) is 7.17. The first kappa shape index (κ1) is 15.4. The average Bonchev–Trinajstić information content (AvgIpc) is 2.85. The van der Waals surface area contributed by atoms with Crippen molar-refractivity contribution >= 4 is 33.4 Å². The van der Waals surface area contributed by atoms with Crippen LogP contribution >= 0.6 is 11.3 Å². The van der Waals surface area contributed by atoms with E-state index >= 15 is 0 Å². The van der Waals surface area contributed by atoms with Crippen LogP contribution in [0.15, 0.2) is 24.3 Å². The molecule has 0 unspecified atom stereocenters. The van der Waals surface area contributed by atoms with E-state index in [4.69, 9.17) is 5.11 Å². The highest BCUT2D eigenvalue weighted by atomic mass is 32.1. The predicted molar refractivity (Wildman–Crippen MR) is 82.4 cm³/mol. The highest BCUT2D eigenvalue weighted by Crippen LogP contribution is 2.22. The van der Waals surface area contributed by atoms with E-state index in [0.29, 0.717) is 6.42 Å². The lowest BCUT2D eigenvalue weighted by atomic mass is 10.2. The molecule has 2 rings (SSSR count). The Balaban J connectivity index is 1.74. The molecule has 21 heavy (non-hydrogen) atoms. The number of aliphatic carboxylic acids is 1. The van der Waals surface area contributed by atoms with Crippen molar-refractivity contribution in [2.75, 3.05) is 13.6 Å². The molecule has 6 heteroatoms. The first-order chi connectivity index (χ1) is 10.1. The number of hydrogen-bond donors (Lipinski definition) is 1. The first-order valence-electron chi connectivity index (χ1n) is 6.86. The van der Waals surface area contributed by atoms with Gasteiger partial charge in [-0.1, -0.05) is 12.1 Å². The van der Waals surface area contributed by atoms with Gasteiger partial charge in [-0.3, -0.25) is 9.59 Å². The molecule has 1 heterocycles. The fraction of sp³-hybridized carbons (Fsp3) is 0.400. The number of likely N-dealkylation sites (N-methyl/N-ethyl adjacent to an activating group) is 1. The van der Waals surface area contributed by atoms with Crippen molar-refractivity contribution in [3.05, 3.63) is 29.3 Å². The molecular weight excluding hydrogens is 288 g/mol. The van der Waals surface area contributed by atoms with Crippen LogP contribution in [0.25, 0.3) is 10.2 Å². The number of aryl methyl sites for hydroxylation is 1. The molecule has 0 aliphatic heterocycles. The Labute approximate surface area is 127 Å². The Hall–Kier alpha value is -1.95. The SMILES string of the molecule is CN(CC(=O)O)C(=O)CCCCc1nc2ccccc2s1. The molecule has 2 aromatic rings. The number of rotatable bonds is 7. The first-order valence-corrected chi connectivity index (χ1v) is 7.68. The summed E-state index contributed by atoms with van der Waals surface area (Å²) in [7, 11) is 1.52. The lowest BCUT2D eigenvalue weighted by molar-refractivity contribution is -0.143. The van der Waals surface area contributed by atoms with Crippen LogP contribution in [0.5, 0.6) is 0 Å². The zero-order valence-corrected chi connectivity index (χ0v) is 12.7. The van der Waals surface area contributed by atoms with Crippen LogP contribution in [0.2, 0.25) is 0 Å². The van der Waals surface area contributed by atoms with E-state index in [1.165, 1.54) is 16.6 Å². The summed E-state index contributed by atoms with van der Waals surface area (Å²) in [5.41, 5.74) is 1.02. The van der Waals surface area contributed by atoms with Gasteiger partial charge in [0.15, 0.2) is 0 Å². The number of carboxylic acid groups (broad SMARTS) is 1. The Kier molecular flexibility index (Phi) is 5.27. The van der Waals surface area contributed by atoms with Gasteiger partial charge in [0.1, 0.15) is 6.54 Å². The predicted octanol–water partition coefficient (Wildman–Crippen LogP) is 2.55. The topological polar surface area (TPSA) is 70.5 Å². The number of benzene rings is 1. The van der Waals surface area contributed by atoms with E-state index in [1.807, 2.05) is 18.2 Å². The lowest BCUT2D eigenvalue weighted by Gasteiger charge is -2.13. The maximum absolute atomic E-state index is 11.7. The third kappa shape index (κ3) is 4.53. The number of carbonyl (C=O) groups is 2. The number of fused-ring (bicyclic) bond motifs is 1. The molecule has 5 nitrogen and oxygen atoms in total. The Morgan fingerprint density at radius 1 is 1.29 bits per heavy atom. The third-order valence-electron chi connectivity index (χ3n) is 3.17. The number of amides is 1. The molecule has 1 aromatic carbocycles. The number of carbonyl (C=O) groups excluding carboxylic acids is 1. The summed E-state index contributed by atoms with van der Waals surface area (Å²) >= 11 is 1.69. The van der Waals surface area contributed by atoms with Crippen LogP contribution in [0.4, 0.5) is 0 Å². The number of nitrogens with zero attached hydrogens (tertiary/aromatic N) is 2. The van der Waals surface area contributed by atoms with Crippen LogP contribution in [-0.2, 0) is 16.0 Å². The van der Waals surface area contributed by atoms with Gasteiger partial charge in [-0.15, -0.1) is 11.3 Å². The number of thiazole rings is 1. The van der Waals surface area contributed by atoms with E-state index in [9.17, 15) is 9.59 Å². The minimum Gasteiger partial charge on any atom is -0.480 e. The summed E-state index contributed by atoms with van der Waals surface area (Å²) in [4.78, 5) is 28.0. The van der Waals surface area contributed by atoms with Crippen LogP contribution in [0.1, 0.15) is 24.3 Å². The maximum Gasteiger partial charge on any atom is 0.323 e. The van der Waals surface area contributed by atoms with Crippen LogP contribution in [0.3, 0.4) is 0 Å². The zero-order chi connectivity index (χ0) is 15.2. The van der Waals surface area contributed by atoms with E-state index in [2.05, 4.69) is 11.1 Å². The Bertz CT molecular complexity index is 606. The summed E-state index contributed by atoms with van der Waals surface area (Å²) < 4.78 is 1.18. The van der Waals surface area contributed by atoms with Crippen molar-refractivity contribution in [3.8, 4) is 0 Å². The fourth-order valence-corrected chi connectivity index (χ4v) is 3.07. The van der Waals surface area contributed by atoms with E-state index in [-0.39, 0.29) is 12.5 Å². The summed E-state index contributed by atoms with van der Waals surface area (Å²) in [6.45, 7) is -0.239. The maximum atomic E-state index is 11.7. The molecule has 0 bridgehead atoms. The summed E-state index contributed by atoms with van der Waals surface area (Å²) in [6.07, 6.45) is 2.87. The molecule has 0 radical (unpaired) electrons. The minimum atomic E-state index is -0.986. The van der Waals surface area contributed by atoms with Crippen LogP contribution in [0, 0.1) is 0 Å². The number of carboxylic acids is 1. The van der Waals surface area contributed by atoms with E-state index in [0.717, 1.165) is 29.8 Å². The van der Waals surface area contributed by atoms with E-state index < -0.39 is 5.97 Å². The molecule has 0 saturated carbocycles. The molecule has 112 valence electrons. The van der Waals surface area contributed by atoms with Crippen LogP contribution in [-0.4, -0.2) is 40.5 Å². The minimum absolute atomic E-state index is 0.123. The summed E-state index contributed by atoms with van der Waals surface area (Å²) in [6, 6.07) is 8.03. The van der Waals surface area contributed by atoms with Crippen LogP contribution < -0.4 is 0 Å². The number of hydrogen-bond acceptors (Lipinski definition) is 4. The highest BCUT2D eigenvalue weighted by molar-refractivity contribution is 7.18. The van der Waals surface area contributed by atoms with Gasteiger partial charge in [-0.25, -0.2) is 4.98 Å². The number of unbranched alkanes of at least 4 members (excludes halogenated alkanes) is 1. The molecular formula is C15H18N2O3S. The molecule has 0 aliphatic rings. The summed E-state index contributed by atoms with van der Waals surface area (Å²) in [5.74, 6) is -1.11. The van der Waals surface area contributed by atoms with Crippen molar-refractivity contribution in [3.63, 3.8) is 0 Å². The Morgan fingerprint density at radius 2 is 2.05 bits per heavy atom. The third-order valence-corrected chi connectivity index (χ3v) is 4.26. The van der Waals surface area contributed by atoms with Gasteiger partial charge in [-0.05, 0) is 31.4 Å². The largest absolute Gasteiger partial charge is 0.480 e. The van der Waals surface area contributed by atoms with Crippen molar-refractivity contribution in [2.45, 2.75) is 25.7 Å². The lowest BCUT2D eigenvalue weighted by Crippen LogP contribution is -2.31. The average molecular weight is 306 g/mol. The molecule has 1 aromatic heterocycles. The van der Waals surface area contributed by atoms with Crippen molar-refractivity contribution in [2.24, 2.45) is 0 Å². The molecule has 0 atom stereocenters. The molecule has 0 aliphatic carbocycles. The number of para-hydroxylation sites is 1. The highest BCUT2D eigenvalue weighted by Gasteiger charge is 2.11. The van der Waals surface area contributed by atoms with Gasteiger partial charge in [-0.2, -0.15) is 0 Å². The fourth-order valence-electron chi connectivity index (χ4n) is 2.06. The van der Waals surface area contributed by atoms with Gasteiger partial charge in [0.2, 0.25) is 5.91 Å². The molecule has 1 amide bonds. The molecule has 0 spiro atoms. The van der Waals surface area contributed by atoms with Crippen molar-refractivity contribution < 1.29 is 14.7 Å². The second-order valence-electron chi connectivity index (χ2n) is 4.93. The smallest absolute Gasteiger partial charge is 0.323 e. The number of aromatic nitrogens is 1. The van der Waals surface area contributed by atoms with E-state index in [1.54, 1.807) is 11.3 Å². The normalized spacial score (nSPS) is 10.7. The summed E-state index contributed by atoms with van der Waals surface area (Å²) in [5, 5.41) is 9.71. The monoisotopic (exact) mass is 306 g/mol. The molecule has 1 N–H and O–H groups in total. The van der Waals surface area contributed by atoms with Crippen molar-refractivity contribution in [1.29, 1.82) is 0 Å². The molecule has 0 saturated heterocycles. The van der Waals surface area contributed by atoms with Gasteiger partial charge in [0, 0.05) is 13.5 Å². The van der Waals surface area contributed by atoms with Gasteiger partial charge >= 0.3 is 5.97 Å². The zero-order valence-electron chi connectivity index (χ0n) is 11.9. The standard InChI is InChI=1S/C15H18N2O3S/c1-17(10-15(19)20)14(18)9-5-4-8-13-16-11-6-2-3-7-12(11)21-13/h2-3,6-7H,4-5,8-10H2,1H3,(H,19,20). The van der Waals surface area contributed by atoms with Crippen molar-refractivity contribution in [1.82, 2.24) is 9.88 Å². The Morgan fingerprint density at radius 3 is 2.76 bits per heavy atom. The van der Waals surface area contributed by atoms with Gasteiger partial charge < -0.3 is 10.0 Å². The van der Waals surface area contributed by atoms with Gasteiger partial charge in [0.05, 0.1) is 15.2 Å². The van der Waals surface area contributed by atoms with Gasteiger partial charge in [0.25, 0.3) is 0 Å². The second-order valence-corrected chi connectivity index (χ2v) is 6.04. The molecule has 0 fully saturated rings.